The van der Waals surface area contributed by atoms with E-state index >= 15 is 0 Å². The van der Waals surface area contributed by atoms with Gasteiger partial charge in [0.25, 0.3) is 11.8 Å². The summed E-state index contributed by atoms with van der Waals surface area (Å²) in [7, 11) is 0. The van der Waals surface area contributed by atoms with E-state index in [2.05, 4.69) is 10.1 Å². The molecule has 0 aromatic heterocycles. The fourth-order valence-corrected chi connectivity index (χ4v) is 4.22. The number of rotatable bonds is 37. The van der Waals surface area contributed by atoms with Gasteiger partial charge >= 0.3 is 5.97 Å². The molecule has 1 aliphatic heterocycles. The molecule has 2 rings (SSSR count). The smallest absolute Gasteiger partial charge is 0.329 e. The number of nitrogens with zero attached hydrogens (tertiary/aromatic N) is 1. The number of carboxylic acids is 1. The van der Waals surface area contributed by atoms with Crippen molar-refractivity contribution in [3.63, 3.8) is 0 Å². The normalized spacial score (nSPS) is 12.5. The van der Waals surface area contributed by atoms with Gasteiger partial charge in [0.1, 0.15) is 13.2 Å². The molecule has 18 heteroatoms. The van der Waals surface area contributed by atoms with Gasteiger partial charge in [0.2, 0.25) is 5.91 Å². The predicted molar refractivity (Wildman–Crippen MR) is 181 cm³/mol. The molecule has 0 atom stereocenters. The molecule has 0 saturated heterocycles. The number of hydrogen-bond donors (Lipinski definition) is 2. The molecule has 0 fully saturated rings. The second-order valence-corrected chi connectivity index (χ2v) is 10.7. The summed E-state index contributed by atoms with van der Waals surface area (Å²) in [6.45, 7) is 7.96. The molecule has 1 aromatic rings. The van der Waals surface area contributed by atoms with Crippen LogP contribution in [0.2, 0.25) is 0 Å². The summed E-state index contributed by atoms with van der Waals surface area (Å²) in [6.07, 6.45) is 0. The van der Waals surface area contributed by atoms with Crippen molar-refractivity contribution in [2.24, 2.45) is 0 Å². The number of imide groups is 1. The number of ether oxygens (including phenoxy) is 11. The molecule has 0 aliphatic carbocycles. The molecular weight excluding hydrogens is 692 g/mol. The summed E-state index contributed by atoms with van der Waals surface area (Å²) < 4.78 is 59.0. The Kier molecular flexibility index (Phi) is 27.2. The van der Waals surface area contributed by atoms with Crippen LogP contribution in [0.25, 0.3) is 0 Å². The lowest BCUT2D eigenvalue weighted by molar-refractivity contribution is -0.143. The van der Waals surface area contributed by atoms with Gasteiger partial charge in [-0.1, -0.05) is 12.1 Å². The first kappa shape index (κ1) is 45.0. The van der Waals surface area contributed by atoms with Crippen LogP contribution in [0.4, 0.5) is 0 Å². The average molecular weight is 747 g/mol. The van der Waals surface area contributed by atoms with Crippen molar-refractivity contribution >= 4 is 23.7 Å². The Balaban J connectivity index is 1.17. The number of amides is 3. The van der Waals surface area contributed by atoms with Gasteiger partial charge in [-0.3, -0.25) is 19.3 Å². The summed E-state index contributed by atoms with van der Waals surface area (Å²) in [5.41, 5.74) is 0.867. The van der Waals surface area contributed by atoms with Crippen molar-refractivity contribution in [1.29, 1.82) is 0 Å². The van der Waals surface area contributed by atoms with Crippen LogP contribution in [-0.4, -0.2) is 192 Å². The van der Waals surface area contributed by atoms with Crippen LogP contribution in [0.5, 0.6) is 0 Å². The number of aliphatic carboxylic acids is 1. The number of nitrogens with one attached hydrogen (secondary N) is 1. The zero-order valence-electron chi connectivity index (χ0n) is 29.8. The van der Waals surface area contributed by atoms with E-state index in [1.807, 2.05) is 0 Å². The highest BCUT2D eigenvalue weighted by Gasteiger charge is 2.34. The van der Waals surface area contributed by atoms with E-state index in [4.69, 9.17) is 52.5 Å². The summed E-state index contributed by atoms with van der Waals surface area (Å²) >= 11 is 0. The van der Waals surface area contributed by atoms with Gasteiger partial charge in [0.05, 0.1) is 150 Å². The van der Waals surface area contributed by atoms with Crippen LogP contribution in [0.15, 0.2) is 24.3 Å². The second kappa shape index (κ2) is 31.4. The van der Waals surface area contributed by atoms with Crippen molar-refractivity contribution in [2.75, 3.05) is 158 Å². The Labute approximate surface area is 304 Å². The standard InChI is InChI=1S/C34H54N2O16/c37-31(27-52-28-32(38)39)35-5-7-42-9-11-44-13-15-46-17-19-48-21-23-50-25-26-51-24-22-49-20-18-47-16-14-45-12-10-43-8-6-36-33(40)29-3-1-2-4-30(29)34(36)41/h1-4H,5-28H2,(H,35,37)(H,38,39). The number of carbonyl (C=O) groups is 4. The first-order valence-corrected chi connectivity index (χ1v) is 17.3. The summed E-state index contributed by atoms with van der Waals surface area (Å²) in [6, 6.07) is 6.79. The third kappa shape index (κ3) is 22.7. The van der Waals surface area contributed by atoms with E-state index in [0.29, 0.717) is 143 Å². The molecule has 1 heterocycles. The average Bonchev–Trinajstić information content (AvgIpc) is 3.38. The molecule has 2 N–H and O–H groups in total. The van der Waals surface area contributed by atoms with Crippen LogP contribution < -0.4 is 5.32 Å². The monoisotopic (exact) mass is 746 g/mol. The van der Waals surface area contributed by atoms with E-state index in [1.165, 1.54) is 4.90 Å². The van der Waals surface area contributed by atoms with Crippen molar-refractivity contribution in [1.82, 2.24) is 10.2 Å². The minimum Gasteiger partial charge on any atom is -0.480 e. The molecular formula is C34H54N2O16. The van der Waals surface area contributed by atoms with Crippen molar-refractivity contribution < 1.29 is 76.4 Å². The molecule has 3 amide bonds. The molecule has 296 valence electrons. The Morgan fingerprint density at radius 1 is 0.481 bits per heavy atom. The molecule has 0 radical (unpaired) electrons. The van der Waals surface area contributed by atoms with Crippen molar-refractivity contribution in [2.45, 2.75) is 0 Å². The van der Waals surface area contributed by atoms with Crippen molar-refractivity contribution in [3.8, 4) is 0 Å². The first-order chi connectivity index (χ1) is 25.5. The van der Waals surface area contributed by atoms with E-state index in [0.717, 1.165) is 0 Å². The van der Waals surface area contributed by atoms with Gasteiger partial charge in [0.15, 0.2) is 0 Å². The zero-order valence-corrected chi connectivity index (χ0v) is 29.8. The van der Waals surface area contributed by atoms with E-state index < -0.39 is 18.5 Å². The van der Waals surface area contributed by atoms with E-state index in [-0.39, 0.29) is 31.6 Å². The molecule has 18 nitrogen and oxygen atoms in total. The van der Waals surface area contributed by atoms with Gasteiger partial charge in [0, 0.05) is 6.54 Å². The van der Waals surface area contributed by atoms with Crippen LogP contribution in [0.3, 0.4) is 0 Å². The summed E-state index contributed by atoms with van der Waals surface area (Å²) in [4.78, 5) is 47.5. The maximum atomic E-state index is 12.3. The fraction of sp³-hybridized carbons (Fsp3) is 0.706. The third-order valence-electron chi connectivity index (χ3n) is 6.71. The molecule has 52 heavy (non-hydrogen) atoms. The summed E-state index contributed by atoms with van der Waals surface area (Å²) in [5, 5.41) is 11.0. The van der Waals surface area contributed by atoms with Crippen LogP contribution >= 0.6 is 0 Å². The lowest BCUT2D eigenvalue weighted by Gasteiger charge is -2.13. The lowest BCUT2D eigenvalue weighted by atomic mass is 10.1. The van der Waals surface area contributed by atoms with Crippen LogP contribution in [0, 0.1) is 0 Å². The molecule has 1 aliphatic rings. The zero-order chi connectivity index (χ0) is 37.3. The number of carbonyl (C=O) groups excluding carboxylic acids is 3. The molecule has 0 saturated carbocycles. The van der Waals surface area contributed by atoms with Crippen LogP contribution in [0.1, 0.15) is 20.7 Å². The first-order valence-electron chi connectivity index (χ1n) is 17.3. The Morgan fingerprint density at radius 2 is 0.808 bits per heavy atom. The number of benzene rings is 1. The number of carboxylic acid groups (broad SMARTS) is 1. The maximum absolute atomic E-state index is 12.3. The predicted octanol–water partition coefficient (Wildman–Crippen LogP) is -0.334. The highest BCUT2D eigenvalue weighted by molar-refractivity contribution is 6.21. The maximum Gasteiger partial charge on any atom is 0.329 e. The fourth-order valence-electron chi connectivity index (χ4n) is 4.22. The topological polar surface area (TPSA) is 205 Å². The Morgan fingerprint density at radius 3 is 1.15 bits per heavy atom. The minimum absolute atomic E-state index is 0.204. The molecule has 0 unspecified atom stereocenters. The SMILES string of the molecule is O=C(O)COCC(=O)NCCOCCOCCOCCOCCOCCOCCOCCOCCOCCOCCN1C(=O)c2ccccc2C1=O. The Hall–Kier alpha value is -3.14. The van der Waals surface area contributed by atoms with Gasteiger partial charge in [-0.05, 0) is 12.1 Å². The van der Waals surface area contributed by atoms with Crippen LogP contribution in [-0.2, 0) is 61.7 Å². The third-order valence-corrected chi connectivity index (χ3v) is 6.71. The van der Waals surface area contributed by atoms with Gasteiger partial charge in [-0.2, -0.15) is 0 Å². The number of fused-ring (bicyclic) bond motifs is 1. The lowest BCUT2D eigenvalue weighted by Crippen LogP contribution is -2.33. The quantitative estimate of drug-likeness (QED) is 0.0661. The summed E-state index contributed by atoms with van der Waals surface area (Å²) in [5.74, 6) is -2.11. The minimum atomic E-state index is -1.13. The van der Waals surface area contributed by atoms with Gasteiger partial charge in [-0.15, -0.1) is 0 Å². The van der Waals surface area contributed by atoms with Gasteiger partial charge in [-0.25, -0.2) is 4.79 Å². The molecule has 0 bridgehead atoms. The van der Waals surface area contributed by atoms with E-state index in [1.54, 1.807) is 24.3 Å². The second-order valence-electron chi connectivity index (χ2n) is 10.7. The largest absolute Gasteiger partial charge is 0.480 e. The van der Waals surface area contributed by atoms with Crippen molar-refractivity contribution in [3.05, 3.63) is 35.4 Å². The molecule has 1 aromatic carbocycles. The Bertz CT molecular complexity index is 1080. The molecule has 0 spiro atoms. The van der Waals surface area contributed by atoms with Gasteiger partial charge < -0.3 is 62.5 Å². The van der Waals surface area contributed by atoms with E-state index in [9.17, 15) is 19.2 Å². The highest BCUT2D eigenvalue weighted by Crippen LogP contribution is 2.21. The number of hydrogen-bond acceptors (Lipinski definition) is 15. The highest BCUT2D eigenvalue weighted by atomic mass is 16.6.